The molecule has 0 N–H and O–H groups in total. The van der Waals surface area contributed by atoms with Gasteiger partial charge < -0.3 is 9.64 Å². The first-order valence-electron chi connectivity index (χ1n) is 11.9. The second-order valence-electron chi connectivity index (χ2n) is 9.48. The van der Waals surface area contributed by atoms with Crippen molar-refractivity contribution in [3.8, 4) is 0 Å². The normalized spacial score (nSPS) is 26.8. The molecule has 1 aromatic carbocycles. The maximum atomic E-state index is 13.2. The van der Waals surface area contributed by atoms with Crippen molar-refractivity contribution in [2.24, 2.45) is 5.92 Å². The molecule has 0 spiro atoms. The second kappa shape index (κ2) is 10.5. The number of likely N-dealkylation sites (tertiary alicyclic amines) is 1. The average molecular weight is 449 g/mol. The van der Waals surface area contributed by atoms with Gasteiger partial charge in [0.1, 0.15) is 0 Å². The van der Waals surface area contributed by atoms with E-state index in [1.54, 1.807) is 0 Å². The fourth-order valence-electron chi connectivity index (χ4n) is 5.21. The molecule has 2 atom stereocenters. The van der Waals surface area contributed by atoms with Crippen molar-refractivity contribution >= 4 is 15.7 Å². The summed E-state index contributed by atoms with van der Waals surface area (Å²) in [6.45, 7) is 3.57. The van der Waals surface area contributed by atoms with Gasteiger partial charge in [0.25, 0.3) is 0 Å². The van der Waals surface area contributed by atoms with E-state index >= 15 is 0 Å². The molecule has 3 heterocycles. The molecule has 0 aliphatic carbocycles. The number of hydrogen-bond acceptors (Lipinski definition) is 5. The summed E-state index contributed by atoms with van der Waals surface area (Å²) in [6, 6.07) is 10.5. The highest BCUT2D eigenvalue weighted by Crippen LogP contribution is 2.24. The van der Waals surface area contributed by atoms with E-state index in [2.05, 4.69) is 35.2 Å². The van der Waals surface area contributed by atoms with Crippen molar-refractivity contribution in [3.63, 3.8) is 0 Å². The molecular formula is C24H36N2O4S. The van der Waals surface area contributed by atoms with Gasteiger partial charge in [-0.15, -0.1) is 0 Å². The molecule has 172 valence electrons. The Hall–Kier alpha value is -1.44. The zero-order valence-corrected chi connectivity index (χ0v) is 19.3. The minimum Gasteiger partial charge on any atom is -0.376 e. The van der Waals surface area contributed by atoms with E-state index in [0.29, 0.717) is 19.5 Å². The molecule has 1 amide bonds. The molecular weight excluding hydrogens is 412 g/mol. The van der Waals surface area contributed by atoms with Crippen LogP contribution in [0.1, 0.15) is 44.1 Å². The van der Waals surface area contributed by atoms with Gasteiger partial charge in [-0.05, 0) is 69.5 Å². The predicted octanol–water partition coefficient (Wildman–Crippen LogP) is 2.53. The molecule has 0 radical (unpaired) electrons. The third kappa shape index (κ3) is 6.53. The summed E-state index contributed by atoms with van der Waals surface area (Å²) in [5, 5.41) is 0. The number of nitrogens with zero attached hydrogens (tertiary/aromatic N) is 2. The highest BCUT2D eigenvalue weighted by Gasteiger charge is 2.37. The summed E-state index contributed by atoms with van der Waals surface area (Å²) in [7, 11) is -3.03. The van der Waals surface area contributed by atoms with Crippen LogP contribution in [0.4, 0.5) is 0 Å². The smallest absolute Gasteiger partial charge is 0.237 e. The summed E-state index contributed by atoms with van der Waals surface area (Å²) in [6.07, 6.45) is 7.17. The van der Waals surface area contributed by atoms with Gasteiger partial charge >= 0.3 is 0 Å². The number of rotatable bonds is 8. The molecule has 3 aliphatic rings. The average Bonchev–Trinajstić information content (AvgIpc) is 3.41. The highest BCUT2D eigenvalue weighted by atomic mass is 32.2. The van der Waals surface area contributed by atoms with Crippen LogP contribution < -0.4 is 0 Å². The van der Waals surface area contributed by atoms with Crippen LogP contribution in [-0.4, -0.2) is 80.6 Å². The van der Waals surface area contributed by atoms with Crippen molar-refractivity contribution in [2.75, 3.05) is 44.3 Å². The summed E-state index contributed by atoms with van der Waals surface area (Å²) >= 11 is 0. The minimum atomic E-state index is -3.03. The SMILES string of the molecule is O=C(CN1CCC(CCc2ccccc2)CC1)N(CC1CCCO1)C1CCS(=O)(=O)C1. The number of amides is 1. The molecule has 3 aliphatic heterocycles. The van der Waals surface area contributed by atoms with Gasteiger partial charge in [-0.25, -0.2) is 8.42 Å². The summed E-state index contributed by atoms with van der Waals surface area (Å²) in [5.74, 6) is 1.09. The molecule has 4 rings (SSSR count). The first-order chi connectivity index (χ1) is 15.0. The molecule has 31 heavy (non-hydrogen) atoms. The molecule has 1 aromatic rings. The fourth-order valence-corrected chi connectivity index (χ4v) is 6.94. The van der Waals surface area contributed by atoms with Crippen molar-refractivity contribution in [3.05, 3.63) is 35.9 Å². The van der Waals surface area contributed by atoms with Crippen LogP contribution in [0.5, 0.6) is 0 Å². The van der Waals surface area contributed by atoms with Crippen molar-refractivity contribution < 1.29 is 17.9 Å². The highest BCUT2D eigenvalue weighted by molar-refractivity contribution is 7.91. The van der Waals surface area contributed by atoms with Crippen LogP contribution in [-0.2, 0) is 25.8 Å². The Balaban J connectivity index is 1.27. The van der Waals surface area contributed by atoms with Crippen LogP contribution in [0, 0.1) is 5.92 Å². The lowest BCUT2D eigenvalue weighted by Crippen LogP contribution is -2.50. The number of carbonyl (C=O) groups excluding carboxylic acids is 1. The van der Waals surface area contributed by atoms with Gasteiger partial charge in [0, 0.05) is 19.2 Å². The molecule has 0 saturated carbocycles. The van der Waals surface area contributed by atoms with Crippen LogP contribution in [0.15, 0.2) is 30.3 Å². The van der Waals surface area contributed by atoms with Crippen molar-refractivity contribution in [2.45, 2.75) is 57.1 Å². The van der Waals surface area contributed by atoms with E-state index < -0.39 is 9.84 Å². The van der Waals surface area contributed by atoms with Gasteiger partial charge in [-0.1, -0.05) is 30.3 Å². The minimum absolute atomic E-state index is 0.0518. The van der Waals surface area contributed by atoms with Gasteiger partial charge in [0.05, 0.1) is 24.2 Å². The van der Waals surface area contributed by atoms with Crippen molar-refractivity contribution in [1.29, 1.82) is 0 Å². The van der Waals surface area contributed by atoms with Crippen LogP contribution in [0.25, 0.3) is 0 Å². The lowest BCUT2D eigenvalue weighted by molar-refractivity contribution is -0.136. The number of aryl methyl sites for hydroxylation is 1. The third-order valence-corrected chi connectivity index (χ3v) is 8.89. The third-order valence-electron chi connectivity index (χ3n) is 7.14. The Kier molecular flexibility index (Phi) is 7.67. The van der Waals surface area contributed by atoms with Crippen molar-refractivity contribution in [1.82, 2.24) is 9.80 Å². The molecule has 3 fully saturated rings. The Labute approximate surface area is 186 Å². The zero-order chi connectivity index (χ0) is 21.7. The van der Waals surface area contributed by atoms with Gasteiger partial charge in [0.15, 0.2) is 9.84 Å². The van der Waals surface area contributed by atoms with E-state index in [9.17, 15) is 13.2 Å². The van der Waals surface area contributed by atoms with Gasteiger partial charge in [-0.3, -0.25) is 9.69 Å². The zero-order valence-electron chi connectivity index (χ0n) is 18.5. The lowest BCUT2D eigenvalue weighted by atomic mass is 9.90. The van der Waals surface area contributed by atoms with Gasteiger partial charge in [-0.2, -0.15) is 0 Å². The number of hydrogen-bond donors (Lipinski definition) is 0. The standard InChI is InChI=1S/C24H36N2O4S/c27-24(26(17-23-7-4-15-30-23)22-12-16-31(28,29)19-22)18-25-13-10-21(11-14-25)9-8-20-5-2-1-3-6-20/h1-3,5-6,21-23H,4,7-19H2. The van der Waals surface area contributed by atoms with Crippen LogP contribution >= 0.6 is 0 Å². The molecule has 0 aromatic heterocycles. The van der Waals surface area contributed by atoms with Gasteiger partial charge in [0.2, 0.25) is 5.91 Å². The van der Waals surface area contributed by atoms with Crippen LogP contribution in [0.3, 0.4) is 0 Å². The fraction of sp³-hybridized carbons (Fsp3) is 0.708. The maximum Gasteiger partial charge on any atom is 0.237 e. The Morgan fingerprint density at radius 1 is 1.10 bits per heavy atom. The number of carbonyl (C=O) groups is 1. The maximum absolute atomic E-state index is 13.2. The summed E-state index contributed by atoms with van der Waals surface area (Å²) in [4.78, 5) is 17.3. The van der Waals surface area contributed by atoms with E-state index in [4.69, 9.17) is 4.74 Å². The molecule has 3 saturated heterocycles. The monoisotopic (exact) mass is 448 g/mol. The molecule has 0 bridgehead atoms. The second-order valence-corrected chi connectivity index (χ2v) is 11.7. The number of benzene rings is 1. The summed E-state index contributed by atoms with van der Waals surface area (Å²) < 4.78 is 29.8. The molecule has 7 heteroatoms. The lowest BCUT2D eigenvalue weighted by Gasteiger charge is -2.35. The summed E-state index contributed by atoms with van der Waals surface area (Å²) in [5.41, 5.74) is 1.40. The van der Waals surface area contributed by atoms with E-state index in [1.165, 1.54) is 12.0 Å². The Morgan fingerprint density at radius 2 is 1.87 bits per heavy atom. The van der Waals surface area contributed by atoms with E-state index in [-0.39, 0.29) is 29.6 Å². The Bertz CT molecular complexity index is 815. The number of sulfone groups is 1. The van der Waals surface area contributed by atoms with E-state index in [0.717, 1.165) is 57.7 Å². The predicted molar refractivity (Wildman–Crippen MR) is 122 cm³/mol. The largest absolute Gasteiger partial charge is 0.376 e. The molecule has 6 nitrogen and oxygen atoms in total. The topological polar surface area (TPSA) is 66.9 Å². The van der Waals surface area contributed by atoms with E-state index in [1.807, 2.05) is 4.90 Å². The number of ether oxygens (including phenoxy) is 1. The first-order valence-corrected chi connectivity index (χ1v) is 13.7. The Morgan fingerprint density at radius 3 is 2.52 bits per heavy atom. The quantitative estimate of drug-likeness (QED) is 0.611. The van der Waals surface area contributed by atoms with Crippen LogP contribution in [0.2, 0.25) is 0 Å². The number of piperidine rings is 1. The molecule has 2 unspecified atom stereocenters. The first kappa shape index (κ1) is 22.7.